The van der Waals surface area contributed by atoms with Gasteiger partial charge in [-0.15, -0.1) is 0 Å². The molecule has 3 aromatic carbocycles. The van der Waals surface area contributed by atoms with Crippen molar-refractivity contribution in [3.63, 3.8) is 0 Å². The molecule has 2 atom stereocenters. The average Bonchev–Trinajstić information content (AvgIpc) is 2.77. The van der Waals surface area contributed by atoms with Gasteiger partial charge in [0.25, 0.3) is 0 Å². The van der Waals surface area contributed by atoms with Gasteiger partial charge in [-0.2, -0.15) is 0 Å². The van der Waals surface area contributed by atoms with Crippen LogP contribution >= 0.6 is 0 Å². The van der Waals surface area contributed by atoms with Gasteiger partial charge in [-0.25, -0.2) is 8.78 Å². The monoisotopic (exact) mass is 435 g/mol. The van der Waals surface area contributed by atoms with E-state index in [0.29, 0.717) is 38.0 Å². The second kappa shape index (κ2) is 10.0. The van der Waals surface area contributed by atoms with E-state index >= 15 is 0 Å². The zero-order valence-electron chi connectivity index (χ0n) is 17.8. The second-order valence-electron chi connectivity index (χ2n) is 8.31. The molecule has 1 amide bonds. The number of amides is 1. The fourth-order valence-electron chi connectivity index (χ4n) is 4.20. The lowest BCUT2D eigenvalue weighted by Gasteiger charge is -2.34. The van der Waals surface area contributed by atoms with Crippen molar-refractivity contribution < 1.29 is 13.6 Å². The molecule has 0 aromatic heterocycles. The Morgan fingerprint density at radius 2 is 1.59 bits per heavy atom. The molecule has 1 fully saturated rings. The molecule has 0 bridgehead atoms. The van der Waals surface area contributed by atoms with Crippen LogP contribution in [0.5, 0.6) is 0 Å². The summed E-state index contributed by atoms with van der Waals surface area (Å²) in [4.78, 5) is 14.8. The number of hydrogen-bond acceptors (Lipinski definition) is 3. The highest BCUT2D eigenvalue weighted by Crippen LogP contribution is 2.21. The number of nitrogens with zero attached hydrogens (tertiary/aromatic N) is 1. The van der Waals surface area contributed by atoms with Gasteiger partial charge in [-0.3, -0.25) is 4.79 Å². The summed E-state index contributed by atoms with van der Waals surface area (Å²) >= 11 is 0. The minimum atomic E-state index is -0.622. The number of carbonyl (C=O) groups excluding carboxylic acids is 1. The van der Waals surface area contributed by atoms with E-state index in [0.717, 1.165) is 22.8 Å². The molecule has 3 N–H and O–H groups in total. The highest BCUT2D eigenvalue weighted by Gasteiger charge is 2.29. The minimum absolute atomic E-state index is 0.00394. The molecule has 1 saturated heterocycles. The molecule has 0 aliphatic carbocycles. The summed E-state index contributed by atoms with van der Waals surface area (Å²) in [5.41, 5.74) is 10.1. The maximum absolute atomic E-state index is 13.4. The van der Waals surface area contributed by atoms with Crippen LogP contribution in [-0.4, -0.2) is 36.0 Å². The van der Waals surface area contributed by atoms with Crippen molar-refractivity contribution in [3.05, 3.63) is 95.6 Å². The third-order valence-electron chi connectivity index (χ3n) is 5.78. The Morgan fingerprint density at radius 3 is 2.28 bits per heavy atom. The molecular formula is C26H27F2N3O. The summed E-state index contributed by atoms with van der Waals surface area (Å²) in [6.07, 6.45) is 0.710. The van der Waals surface area contributed by atoms with Crippen LogP contribution in [0.15, 0.2) is 72.8 Å². The number of benzene rings is 3. The number of carbonyl (C=O) groups is 1. The van der Waals surface area contributed by atoms with E-state index in [1.807, 2.05) is 23.1 Å². The molecule has 166 valence electrons. The summed E-state index contributed by atoms with van der Waals surface area (Å²) in [5.74, 6) is -1.24. The smallest absolute Gasteiger partial charge is 0.240 e. The van der Waals surface area contributed by atoms with Crippen LogP contribution < -0.4 is 11.1 Å². The van der Waals surface area contributed by atoms with Gasteiger partial charge in [0, 0.05) is 31.7 Å². The number of rotatable bonds is 7. The number of piperazine rings is 1. The van der Waals surface area contributed by atoms with E-state index in [2.05, 4.69) is 41.7 Å². The SMILES string of the molecule is N[C@@H](Cc1cc(F)cc(F)c1)C[C@@H]1NCCN(Cc2ccc(-c3ccccc3)cc2)C1=O. The second-order valence-corrected chi connectivity index (χ2v) is 8.31. The molecule has 4 nitrogen and oxygen atoms in total. The Hall–Kier alpha value is -3.09. The van der Waals surface area contributed by atoms with Crippen LogP contribution in [0, 0.1) is 11.6 Å². The first-order chi connectivity index (χ1) is 15.5. The molecule has 0 unspecified atom stereocenters. The van der Waals surface area contributed by atoms with Gasteiger partial charge in [0.1, 0.15) is 11.6 Å². The fourth-order valence-corrected chi connectivity index (χ4v) is 4.20. The van der Waals surface area contributed by atoms with Gasteiger partial charge in [0.15, 0.2) is 0 Å². The van der Waals surface area contributed by atoms with Gasteiger partial charge in [-0.05, 0) is 47.2 Å². The molecule has 0 saturated carbocycles. The van der Waals surface area contributed by atoms with Crippen molar-refractivity contribution in [2.24, 2.45) is 5.73 Å². The van der Waals surface area contributed by atoms with Crippen LogP contribution in [0.2, 0.25) is 0 Å². The van der Waals surface area contributed by atoms with Crippen LogP contribution in [0.4, 0.5) is 8.78 Å². The molecular weight excluding hydrogens is 408 g/mol. The Kier molecular flexibility index (Phi) is 6.93. The zero-order chi connectivity index (χ0) is 22.5. The van der Waals surface area contributed by atoms with Gasteiger partial charge in [-0.1, -0.05) is 54.6 Å². The van der Waals surface area contributed by atoms with Crippen LogP contribution in [-0.2, 0) is 17.8 Å². The lowest BCUT2D eigenvalue weighted by Crippen LogP contribution is -2.56. The average molecular weight is 436 g/mol. The normalized spacial score (nSPS) is 17.4. The first-order valence-electron chi connectivity index (χ1n) is 10.8. The standard InChI is InChI=1S/C26H27F2N3O/c27-22-12-19(13-23(28)15-22)14-24(29)16-25-26(32)31(11-10-30-25)17-18-6-8-21(9-7-18)20-4-2-1-3-5-20/h1-9,12-13,15,24-25,30H,10-11,14,16-17,29H2/t24-,25-/m0/s1. The third-order valence-corrected chi connectivity index (χ3v) is 5.78. The van der Waals surface area contributed by atoms with Crippen molar-refractivity contribution >= 4 is 5.91 Å². The largest absolute Gasteiger partial charge is 0.336 e. The van der Waals surface area contributed by atoms with Gasteiger partial charge < -0.3 is 16.0 Å². The quantitative estimate of drug-likeness (QED) is 0.592. The Bertz CT molecular complexity index is 1040. The van der Waals surface area contributed by atoms with E-state index in [1.54, 1.807) is 0 Å². The molecule has 0 radical (unpaired) electrons. The van der Waals surface area contributed by atoms with Gasteiger partial charge >= 0.3 is 0 Å². The third kappa shape index (κ3) is 5.58. The molecule has 0 spiro atoms. The zero-order valence-corrected chi connectivity index (χ0v) is 17.8. The fraction of sp³-hybridized carbons (Fsp3) is 0.269. The minimum Gasteiger partial charge on any atom is -0.336 e. The topological polar surface area (TPSA) is 58.4 Å². The van der Waals surface area contributed by atoms with E-state index in [-0.39, 0.29) is 11.9 Å². The summed E-state index contributed by atoms with van der Waals surface area (Å²) in [6, 6.07) is 21.0. The maximum Gasteiger partial charge on any atom is 0.240 e. The lowest BCUT2D eigenvalue weighted by molar-refractivity contribution is -0.136. The van der Waals surface area contributed by atoms with Crippen molar-refractivity contribution in [1.82, 2.24) is 10.2 Å². The highest BCUT2D eigenvalue weighted by atomic mass is 19.1. The molecule has 1 aliphatic heterocycles. The van der Waals surface area contributed by atoms with Gasteiger partial charge in [0.2, 0.25) is 5.91 Å². The molecule has 6 heteroatoms. The Labute approximate surface area is 187 Å². The molecule has 3 aromatic rings. The van der Waals surface area contributed by atoms with Crippen LogP contribution in [0.1, 0.15) is 17.5 Å². The van der Waals surface area contributed by atoms with Crippen molar-refractivity contribution in [2.45, 2.75) is 31.5 Å². The van der Waals surface area contributed by atoms with E-state index in [4.69, 9.17) is 5.73 Å². The van der Waals surface area contributed by atoms with Crippen molar-refractivity contribution in [3.8, 4) is 11.1 Å². The maximum atomic E-state index is 13.4. The number of nitrogens with two attached hydrogens (primary N) is 1. The predicted octanol–water partition coefficient (Wildman–Crippen LogP) is 3.89. The molecule has 1 heterocycles. The Morgan fingerprint density at radius 1 is 0.938 bits per heavy atom. The van der Waals surface area contributed by atoms with Crippen LogP contribution in [0.25, 0.3) is 11.1 Å². The molecule has 32 heavy (non-hydrogen) atoms. The number of hydrogen-bond donors (Lipinski definition) is 2. The van der Waals surface area contributed by atoms with E-state index in [1.165, 1.54) is 12.1 Å². The highest BCUT2D eigenvalue weighted by molar-refractivity contribution is 5.82. The lowest BCUT2D eigenvalue weighted by atomic mass is 9.98. The summed E-state index contributed by atoms with van der Waals surface area (Å²) < 4.78 is 26.8. The first-order valence-corrected chi connectivity index (χ1v) is 10.8. The predicted molar refractivity (Wildman–Crippen MR) is 122 cm³/mol. The van der Waals surface area contributed by atoms with Crippen LogP contribution in [0.3, 0.4) is 0 Å². The number of halogens is 2. The van der Waals surface area contributed by atoms with Crippen molar-refractivity contribution in [1.29, 1.82) is 0 Å². The van der Waals surface area contributed by atoms with Gasteiger partial charge in [0.05, 0.1) is 6.04 Å². The van der Waals surface area contributed by atoms with E-state index < -0.39 is 17.7 Å². The summed E-state index contributed by atoms with van der Waals surface area (Å²) in [6.45, 7) is 1.84. The summed E-state index contributed by atoms with van der Waals surface area (Å²) in [7, 11) is 0. The molecule has 1 aliphatic rings. The Balaban J connectivity index is 1.35. The summed E-state index contributed by atoms with van der Waals surface area (Å²) in [5, 5.41) is 3.24. The number of nitrogens with one attached hydrogen (secondary N) is 1. The van der Waals surface area contributed by atoms with Crippen molar-refractivity contribution in [2.75, 3.05) is 13.1 Å². The van der Waals surface area contributed by atoms with E-state index in [9.17, 15) is 13.6 Å². The first kappa shape index (κ1) is 22.1. The molecule has 4 rings (SSSR count).